The number of carbonyl (C=O) groups is 2. The van der Waals surface area contributed by atoms with Crippen LogP contribution in [0.5, 0.6) is 0 Å². The molecule has 0 aromatic heterocycles. The Morgan fingerprint density at radius 2 is 2.05 bits per heavy atom. The third kappa shape index (κ3) is 4.87. The van der Waals surface area contributed by atoms with Crippen LogP contribution >= 0.6 is 11.6 Å². The van der Waals surface area contributed by atoms with Gasteiger partial charge >= 0.3 is 12.1 Å². The predicted octanol–water partition coefficient (Wildman–Crippen LogP) is 3.59. The number of para-hydroxylation sites is 1. The zero-order chi connectivity index (χ0) is 30.6. The number of allylic oxidation sites excluding steroid dienone is 1. The molecule has 42 heavy (non-hydrogen) atoms. The number of terminal acetylenes is 1. The highest BCUT2D eigenvalue weighted by Crippen LogP contribution is 2.53. The van der Waals surface area contributed by atoms with Gasteiger partial charge in [-0.1, -0.05) is 54.8 Å². The van der Waals surface area contributed by atoms with Crippen molar-refractivity contribution in [1.82, 2.24) is 5.32 Å². The molecule has 5 rings (SSSR count). The molecule has 2 fully saturated rings. The number of anilines is 1. The van der Waals surface area contributed by atoms with Crippen LogP contribution < -0.4 is 10.4 Å². The first-order chi connectivity index (χ1) is 19.8. The summed E-state index contributed by atoms with van der Waals surface area (Å²) in [6, 6.07) is 4.12. The Hall–Kier alpha value is -3.07. The van der Waals surface area contributed by atoms with E-state index in [9.17, 15) is 19.8 Å². The van der Waals surface area contributed by atoms with Gasteiger partial charge in [0, 0.05) is 24.9 Å². The maximum atomic E-state index is 13.9. The Labute approximate surface area is 250 Å². The number of hydrogen-bond acceptors (Lipinski definition) is 10. The molecule has 11 heteroatoms. The lowest BCUT2D eigenvalue weighted by Crippen LogP contribution is -2.66. The van der Waals surface area contributed by atoms with Gasteiger partial charge in [-0.05, 0) is 50.2 Å². The quantitative estimate of drug-likeness (QED) is 0.262. The number of hydrogen-bond donors (Lipinski definition) is 3. The molecule has 4 aliphatic rings. The van der Waals surface area contributed by atoms with Gasteiger partial charge in [0.1, 0.15) is 17.2 Å². The second-order valence-electron chi connectivity index (χ2n) is 11.9. The van der Waals surface area contributed by atoms with E-state index >= 15 is 0 Å². The third-order valence-corrected chi connectivity index (χ3v) is 9.58. The van der Waals surface area contributed by atoms with Gasteiger partial charge in [0.05, 0.1) is 10.7 Å². The van der Waals surface area contributed by atoms with Crippen molar-refractivity contribution in [3.8, 4) is 12.3 Å². The van der Waals surface area contributed by atoms with Gasteiger partial charge in [0.25, 0.3) is 0 Å². The number of fused-ring (bicyclic) bond motifs is 4. The molecule has 3 N–H and O–H groups in total. The monoisotopic (exact) mass is 600 g/mol. The number of carbonyl (C=O) groups excluding carboxylic acids is 2. The van der Waals surface area contributed by atoms with E-state index in [2.05, 4.69) is 17.8 Å². The van der Waals surface area contributed by atoms with Crippen molar-refractivity contribution in [3.05, 3.63) is 52.6 Å². The summed E-state index contributed by atoms with van der Waals surface area (Å²) in [7, 11) is 1.66. The SMILES string of the molecule is C#CCOC(=O)O[C@@H]1C(C)=C[C@@H]2[C@H](C(=C)C)CC[C@@H](C)[C@]2(O)[C@H]1OC(=O)[C@@H]1C[C@@]2(O)c3cccc(Cl)c3N(C)O[C@H]2N1. The molecule has 0 radical (unpaired) electrons. The van der Waals surface area contributed by atoms with E-state index in [1.165, 1.54) is 5.06 Å². The molecule has 2 heterocycles. The highest BCUT2D eigenvalue weighted by molar-refractivity contribution is 6.33. The Kier molecular flexibility index (Phi) is 8.11. The Morgan fingerprint density at radius 3 is 2.74 bits per heavy atom. The number of aliphatic hydroxyl groups is 2. The Bertz CT molecular complexity index is 1360. The van der Waals surface area contributed by atoms with Crippen LogP contribution in [-0.2, 0) is 29.4 Å². The maximum Gasteiger partial charge on any atom is 0.509 e. The van der Waals surface area contributed by atoms with Gasteiger partial charge in [-0.15, -0.1) is 6.42 Å². The zero-order valence-corrected chi connectivity index (χ0v) is 24.9. The first kappa shape index (κ1) is 30.4. The van der Waals surface area contributed by atoms with Crippen LogP contribution in [0.1, 0.15) is 45.6 Å². The van der Waals surface area contributed by atoms with Crippen LogP contribution in [0.3, 0.4) is 0 Å². The minimum absolute atomic E-state index is 0.0740. The van der Waals surface area contributed by atoms with Crippen LogP contribution in [-0.4, -0.2) is 66.1 Å². The summed E-state index contributed by atoms with van der Waals surface area (Å²) in [6.07, 6.45) is 4.03. The molecule has 0 unspecified atom stereocenters. The highest BCUT2D eigenvalue weighted by Gasteiger charge is 2.62. The zero-order valence-electron chi connectivity index (χ0n) is 24.1. The molecule has 9 atom stereocenters. The van der Waals surface area contributed by atoms with Crippen LogP contribution in [0.15, 0.2) is 42.0 Å². The summed E-state index contributed by atoms with van der Waals surface area (Å²) in [4.78, 5) is 32.3. The van der Waals surface area contributed by atoms with Crippen molar-refractivity contribution in [2.24, 2.45) is 17.8 Å². The van der Waals surface area contributed by atoms with Gasteiger partial charge in [-0.25, -0.2) is 4.79 Å². The van der Waals surface area contributed by atoms with Gasteiger partial charge < -0.3 is 24.4 Å². The molecular weight excluding hydrogens is 564 g/mol. The van der Waals surface area contributed by atoms with Crippen molar-refractivity contribution in [1.29, 1.82) is 0 Å². The summed E-state index contributed by atoms with van der Waals surface area (Å²) in [6.45, 7) is 9.40. The van der Waals surface area contributed by atoms with Gasteiger partial charge in [0.15, 0.2) is 25.0 Å². The summed E-state index contributed by atoms with van der Waals surface area (Å²) in [5, 5.41) is 29.0. The van der Waals surface area contributed by atoms with Crippen LogP contribution in [0.25, 0.3) is 0 Å². The molecule has 2 aliphatic heterocycles. The molecule has 2 aliphatic carbocycles. The van der Waals surface area contributed by atoms with Gasteiger partial charge in [-0.2, -0.15) is 0 Å². The fourth-order valence-electron chi connectivity index (χ4n) is 7.09. The number of halogens is 1. The molecule has 0 bridgehead atoms. The smallest absolute Gasteiger partial charge is 0.454 e. The molecule has 1 aromatic carbocycles. The average molecular weight is 601 g/mol. The topological polar surface area (TPSA) is 127 Å². The summed E-state index contributed by atoms with van der Waals surface area (Å²) in [5.41, 5.74) is -0.673. The van der Waals surface area contributed by atoms with E-state index in [1.54, 1.807) is 32.2 Å². The number of nitrogens with one attached hydrogen (secondary N) is 1. The Balaban J connectivity index is 1.47. The van der Waals surface area contributed by atoms with Gasteiger partial charge in [0.2, 0.25) is 0 Å². The fraction of sp³-hybridized carbons (Fsp3) is 0.548. The molecule has 226 valence electrons. The second kappa shape index (κ2) is 11.2. The summed E-state index contributed by atoms with van der Waals surface area (Å²) < 4.78 is 16.7. The molecule has 0 amide bonds. The van der Waals surface area contributed by atoms with Crippen molar-refractivity contribution >= 4 is 29.4 Å². The lowest BCUT2D eigenvalue weighted by atomic mass is 9.56. The van der Waals surface area contributed by atoms with Crippen molar-refractivity contribution in [2.45, 2.75) is 75.7 Å². The largest absolute Gasteiger partial charge is 0.509 e. The van der Waals surface area contributed by atoms with E-state index in [1.807, 2.05) is 19.9 Å². The normalized spacial score (nSPS) is 36.9. The van der Waals surface area contributed by atoms with E-state index in [4.69, 9.17) is 37.1 Å². The van der Waals surface area contributed by atoms with E-state index < -0.39 is 53.7 Å². The van der Waals surface area contributed by atoms with Crippen LogP contribution in [0.4, 0.5) is 10.5 Å². The Morgan fingerprint density at radius 1 is 1.31 bits per heavy atom. The molecule has 1 aromatic rings. The summed E-state index contributed by atoms with van der Waals surface area (Å²) in [5.74, 6) is 0.640. The first-order valence-corrected chi connectivity index (χ1v) is 14.4. The number of hydroxylamine groups is 1. The molecule has 1 saturated carbocycles. The van der Waals surface area contributed by atoms with E-state index in [0.717, 1.165) is 12.0 Å². The fourth-order valence-corrected chi connectivity index (χ4v) is 7.39. The lowest BCUT2D eigenvalue weighted by molar-refractivity contribution is -0.217. The maximum absolute atomic E-state index is 13.9. The van der Waals surface area contributed by atoms with E-state index in [0.29, 0.717) is 28.3 Å². The highest BCUT2D eigenvalue weighted by atomic mass is 35.5. The van der Waals surface area contributed by atoms with Gasteiger partial charge in [-0.3, -0.25) is 20.0 Å². The third-order valence-electron chi connectivity index (χ3n) is 9.28. The summed E-state index contributed by atoms with van der Waals surface area (Å²) >= 11 is 6.40. The number of esters is 1. The number of benzene rings is 1. The lowest BCUT2D eigenvalue weighted by Gasteiger charge is -2.55. The van der Waals surface area contributed by atoms with Crippen LogP contribution in [0, 0.1) is 30.1 Å². The van der Waals surface area contributed by atoms with Crippen molar-refractivity contribution in [2.75, 3.05) is 18.7 Å². The minimum atomic E-state index is -1.59. The van der Waals surface area contributed by atoms with Crippen molar-refractivity contribution in [3.63, 3.8) is 0 Å². The average Bonchev–Trinajstić information content (AvgIpc) is 3.28. The van der Waals surface area contributed by atoms with Crippen molar-refractivity contribution < 1.29 is 38.9 Å². The number of ether oxygens (including phenoxy) is 3. The minimum Gasteiger partial charge on any atom is -0.454 e. The van der Waals surface area contributed by atoms with Crippen LogP contribution in [0.2, 0.25) is 5.02 Å². The molecule has 10 nitrogen and oxygen atoms in total. The molecule has 0 spiro atoms. The molecular formula is C31H37ClN2O8. The standard InChI is InChI=1S/C31H37ClN2O8/c1-7-13-39-29(36)40-25-17(4)14-21-19(16(2)3)12-11-18(5)31(21,38)26(25)41-27(35)23-15-30(37)20-9-8-10-22(32)24(20)34(6)42-28(30)33-23/h1,8-10,14,18-19,21,23,25-26,28,33,37-38H,2,11-13,15H2,3-6H3/t18-,19+,21-,23+,25-,26+,28-,30-,31-/m1/s1. The number of nitrogens with zero attached hydrogens (tertiary/aromatic N) is 1. The van der Waals surface area contributed by atoms with E-state index in [-0.39, 0.29) is 24.9 Å². The first-order valence-electron chi connectivity index (χ1n) is 14.0. The second-order valence-corrected chi connectivity index (χ2v) is 12.3. The predicted molar refractivity (Wildman–Crippen MR) is 154 cm³/mol. The molecule has 1 saturated heterocycles. The number of rotatable bonds is 5.